The van der Waals surface area contributed by atoms with E-state index < -0.39 is 16.1 Å². The average Bonchev–Trinajstić information content (AvgIpc) is 2.43. The van der Waals surface area contributed by atoms with Crippen LogP contribution < -0.4 is 15.8 Å². The summed E-state index contributed by atoms with van der Waals surface area (Å²) in [6.45, 7) is 1.84. The molecule has 1 unspecified atom stereocenters. The highest BCUT2D eigenvalue weighted by atomic mass is 32.2. The van der Waals surface area contributed by atoms with E-state index in [1.165, 1.54) is 12.1 Å². The number of hydrogen-bond acceptors (Lipinski definition) is 5. The minimum atomic E-state index is -3.61. The fraction of sp³-hybridized carbons (Fsp3) is 0.417. The van der Waals surface area contributed by atoms with E-state index in [-0.39, 0.29) is 24.1 Å². The highest BCUT2D eigenvalue weighted by molar-refractivity contribution is 7.89. The van der Waals surface area contributed by atoms with Crippen molar-refractivity contribution in [2.45, 2.75) is 17.9 Å². The Bertz CT molecular complexity index is 542. The van der Waals surface area contributed by atoms with Crippen molar-refractivity contribution < 1.29 is 17.9 Å². The van der Waals surface area contributed by atoms with Crippen molar-refractivity contribution in [3.63, 3.8) is 0 Å². The molecule has 7 nitrogen and oxygen atoms in total. The molecule has 0 radical (unpaired) electrons. The van der Waals surface area contributed by atoms with Gasteiger partial charge in [0.2, 0.25) is 10.0 Å². The molecule has 1 aromatic carbocycles. The number of hydrogen-bond donors (Lipinski definition) is 3. The summed E-state index contributed by atoms with van der Waals surface area (Å²) in [7, 11) is -1.78. The standard InChI is InChI=1S/C12H19N3O4S/c1-9(14-2)10-3-5-11(6-4-10)20(17,18)15-7-8-19-12(13)16/h3-6,9,14-15H,7-8H2,1-2H3,(H2,13,16). The van der Waals surface area contributed by atoms with Crippen LogP contribution in [0.1, 0.15) is 18.5 Å². The van der Waals surface area contributed by atoms with E-state index in [4.69, 9.17) is 5.73 Å². The van der Waals surface area contributed by atoms with Crippen molar-refractivity contribution in [3.05, 3.63) is 29.8 Å². The van der Waals surface area contributed by atoms with Gasteiger partial charge in [-0.3, -0.25) is 0 Å². The van der Waals surface area contributed by atoms with E-state index in [0.717, 1.165) is 5.56 Å². The van der Waals surface area contributed by atoms with Crippen LogP contribution in [0.5, 0.6) is 0 Å². The van der Waals surface area contributed by atoms with Crippen molar-refractivity contribution in [2.24, 2.45) is 5.73 Å². The molecule has 0 spiro atoms. The van der Waals surface area contributed by atoms with Gasteiger partial charge in [0.15, 0.2) is 0 Å². The lowest BCUT2D eigenvalue weighted by Crippen LogP contribution is -2.29. The molecule has 0 saturated heterocycles. The van der Waals surface area contributed by atoms with Crippen molar-refractivity contribution in [1.82, 2.24) is 10.0 Å². The number of sulfonamides is 1. The summed E-state index contributed by atoms with van der Waals surface area (Å²) in [5.74, 6) is 0. The monoisotopic (exact) mass is 301 g/mol. The van der Waals surface area contributed by atoms with Crippen molar-refractivity contribution in [3.8, 4) is 0 Å². The van der Waals surface area contributed by atoms with Gasteiger partial charge in [-0.1, -0.05) is 12.1 Å². The van der Waals surface area contributed by atoms with E-state index in [1.54, 1.807) is 12.1 Å². The van der Waals surface area contributed by atoms with Crippen LogP contribution in [0.2, 0.25) is 0 Å². The summed E-state index contributed by atoms with van der Waals surface area (Å²) in [6, 6.07) is 6.69. The number of nitrogens with one attached hydrogen (secondary N) is 2. The van der Waals surface area contributed by atoms with Gasteiger partial charge in [0.05, 0.1) is 4.90 Å². The Morgan fingerprint density at radius 2 is 1.95 bits per heavy atom. The quantitative estimate of drug-likeness (QED) is 0.629. The Hall–Kier alpha value is -1.64. The number of nitrogens with two attached hydrogens (primary N) is 1. The Morgan fingerprint density at radius 1 is 1.35 bits per heavy atom. The molecule has 20 heavy (non-hydrogen) atoms. The molecule has 1 atom stereocenters. The third-order valence-electron chi connectivity index (χ3n) is 2.76. The molecule has 0 aliphatic carbocycles. The molecule has 8 heteroatoms. The van der Waals surface area contributed by atoms with Crippen LogP contribution in [0.3, 0.4) is 0 Å². The molecule has 4 N–H and O–H groups in total. The Labute approximate surface area is 118 Å². The molecule has 0 aliphatic rings. The number of ether oxygens (including phenoxy) is 1. The van der Waals surface area contributed by atoms with Crippen LogP contribution in [-0.2, 0) is 14.8 Å². The van der Waals surface area contributed by atoms with Crippen LogP contribution in [0.4, 0.5) is 4.79 Å². The maximum Gasteiger partial charge on any atom is 0.404 e. The third-order valence-corrected chi connectivity index (χ3v) is 4.24. The smallest absolute Gasteiger partial charge is 0.404 e. The van der Waals surface area contributed by atoms with Crippen LogP contribution in [-0.4, -0.2) is 34.7 Å². The zero-order chi connectivity index (χ0) is 15.2. The molecule has 0 fully saturated rings. The highest BCUT2D eigenvalue weighted by Crippen LogP contribution is 2.15. The van der Waals surface area contributed by atoms with Gasteiger partial charge >= 0.3 is 6.09 Å². The number of rotatable bonds is 7. The van der Waals surface area contributed by atoms with E-state index in [2.05, 4.69) is 14.8 Å². The number of amides is 1. The maximum absolute atomic E-state index is 11.9. The van der Waals surface area contributed by atoms with Gasteiger partial charge in [0, 0.05) is 12.6 Å². The fourth-order valence-electron chi connectivity index (χ4n) is 1.51. The second kappa shape index (κ2) is 7.22. The van der Waals surface area contributed by atoms with E-state index in [9.17, 15) is 13.2 Å². The summed E-state index contributed by atoms with van der Waals surface area (Å²) in [5.41, 5.74) is 5.76. The van der Waals surface area contributed by atoms with Gasteiger partial charge in [-0.2, -0.15) is 0 Å². The topological polar surface area (TPSA) is 111 Å². The number of carbonyl (C=O) groups is 1. The van der Waals surface area contributed by atoms with E-state index in [1.807, 2.05) is 14.0 Å². The molecule has 1 amide bonds. The summed E-state index contributed by atoms with van der Waals surface area (Å²) in [4.78, 5) is 10.5. The predicted octanol–water partition coefficient (Wildman–Crippen LogP) is 0.341. The van der Waals surface area contributed by atoms with Crippen LogP contribution >= 0.6 is 0 Å². The average molecular weight is 301 g/mol. The summed E-state index contributed by atoms with van der Waals surface area (Å²) in [6.07, 6.45) is -0.936. The first-order valence-electron chi connectivity index (χ1n) is 6.06. The Morgan fingerprint density at radius 3 is 2.45 bits per heavy atom. The molecular formula is C12H19N3O4S. The Balaban J connectivity index is 2.65. The second-order valence-corrected chi connectivity index (χ2v) is 5.91. The minimum absolute atomic E-state index is 0.0278. The maximum atomic E-state index is 11.9. The molecule has 0 saturated carbocycles. The SMILES string of the molecule is CNC(C)c1ccc(S(=O)(=O)NCCOC(N)=O)cc1. The van der Waals surface area contributed by atoms with E-state index in [0.29, 0.717) is 0 Å². The highest BCUT2D eigenvalue weighted by Gasteiger charge is 2.14. The first-order valence-corrected chi connectivity index (χ1v) is 7.54. The summed E-state index contributed by atoms with van der Waals surface area (Å²) >= 11 is 0. The Kier molecular flexibility index (Phi) is 5.93. The van der Waals surface area contributed by atoms with Crippen LogP contribution in [0, 0.1) is 0 Å². The molecule has 1 aromatic rings. The number of carbonyl (C=O) groups excluding carboxylic acids is 1. The number of primary amides is 1. The third kappa shape index (κ3) is 4.80. The van der Waals surface area contributed by atoms with Gasteiger partial charge in [-0.25, -0.2) is 17.9 Å². The van der Waals surface area contributed by atoms with Crippen molar-refractivity contribution >= 4 is 16.1 Å². The molecule has 0 bridgehead atoms. The van der Waals surface area contributed by atoms with Crippen molar-refractivity contribution in [2.75, 3.05) is 20.2 Å². The van der Waals surface area contributed by atoms with Gasteiger partial charge in [0.1, 0.15) is 6.61 Å². The van der Waals surface area contributed by atoms with Gasteiger partial charge in [0.25, 0.3) is 0 Å². The molecule has 1 rings (SSSR count). The van der Waals surface area contributed by atoms with Gasteiger partial charge in [-0.05, 0) is 31.7 Å². The first-order chi connectivity index (χ1) is 9.36. The van der Waals surface area contributed by atoms with Crippen LogP contribution in [0.15, 0.2) is 29.2 Å². The molecule has 112 valence electrons. The lowest BCUT2D eigenvalue weighted by Gasteiger charge is -2.11. The van der Waals surface area contributed by atoms with Crippen molar-refractivity contribution in [1.29, 1.82) is 0 Å². The first kappa shape index (κ1) is 16.4. The fourth-order valence-corrected chi connectivity index (χ4v) is 2.53. The predicted molar refractivity (Wildman–Crippen MR) is 74.6 cm³/mol. The second-order valence-electron chi connectivity index (χ2n) is 4.14. The van der Waals surface area contributed by atoms with Crippen LogP contribution in [0.25, 0.3) is 0 Å². The summed E-state index contributed by atoms with van der Waals surface area (Å²) in [5, 5.41) is 3.07. The molecule has 0 heterocycles. The minimum Gasteiger partial charge on any atom is -0.448 e. The molecule has 0 aromatic heterocycles. The number of benzene rings is 1. The van der Waals surface area contributed by atoms with Gasteiger partial charge < -0.3 is 15.8 Å². The zero-order valence-electron chi connectivity index (χ0n) is 11.4. The largest absolute Gasteiger partial charge is 0.448 e. The lowest BCUT2D eigenvalue weighted by atomic mass is 10.1. The van der Waals surface area contributed by atoms with E-state index >= 15 is 0 Å². The lowest BCUT2D eigenvalue weighted by molar-refractivity contribution is 0.159. The molecular weight excluding hydrogens is 282 g/mol. The molecule has 0 aliphatic heterocycles. The van der Waals surface area contributed by atoms with Gasteiger partial charge in [-0.15, -0.1) is 0 Å². The summed E-state index contributed by atoms with van der Waals surface area (Å²) < 4.78 is 30.6. The zero-order valence-corrected chi connectivity index (χ0v) is 12.2. The normalized spacial score (nSPS) is 12.9.